The van der Waals surface area contributed by atoms with Gasteiger partial charge in [0.25, 0.3) is 0 Å². The third-order valence-electron chi connectivity index (χ3n) is 2.03. The van der Waals surface area contributed by atoms with E-state index in [4.69, 9.17) is 10.00 Å². The molecule has 0 spiro atoms. The fourth-order valence-corrected chi connectivity index (χ4v) is 2.14. The van der Waals surface area contributed by atoms with Crippen molar-refractivity contribution in [2.45, 2.75) is 17.1 Å². The molecular weight excluding hydrogens is 290 g/mol. The average Bonchev–Trinajstić information content (AvgIpc) is 2.28. The van der Waals surface area contributed by atoms with Gasteiger partial charge in [-0.15, -0.1) is 12.6 Å². The Kier molecular flexibility index (Phi) is 4.84. The molecule has 1 aromatic carbocycles. The molecule has 0 atom stereocenters. The first kappa shape index (κ1) is 13.1. The quantitative estimate of drug-likeness (QED) is 0.530. The normalized spacial score (nSPS) is 9.62. The highest BCUT2D eigenvalue weighted by Gasteiger charge is 2.16. The Bertz CT molecular complexity index is 454. The summed E-state index contributed by atoms with van der Waals surface area (Å²) in [5.41, 5.74) is 1.44. The van der Waals surface area contributed by atoms with E-state index in [9.17, 15) is 4.79 Å². The first-order chi connectivity index (χ1) is 7.65. The summed E-state index contributed by atoms with van der Waals surface area (Å²) >= 11 is 7.43. The van der Waals surface area contributed by atoms with E-state index in [1.165, 1.54) is 0 Å². The number of hydrogen-bond acceptors (Lipinski definition) is 4. The van der Waals surface area contributed by atoms with Crippen LogP contribution in [0, 0.1) is 11.3 Å². The number of nitriles is 1. The summed E-state index contributed by atoms with van der Waals surface area (Å²) in [5, 5.41) is 9.41. The number of hydrogen-bond donors (Lipinski definition) is 1. The molecule has 5 heteroatoms. The lowest BCUT2D eigenvalue weighted by molar-refractivity contribution is 0.0525. The minimum Gasteiger partial charge on any atom is -0.462 e. The summed E-state index contributed by atoms with van der Waals surface area (Å²) in [5.74, 6) is -0.415. The lowest BCUT2D eigenvalue weighted by atomic mass is 10.0. The number of rotatable bonds is 3. The van der Waals surface area contributed by atoms with Gasteiger partial charge in [-0.2, -0.15) is 5.26 Å². The molecule has 1 rings (SSSR count). The van der Waals surface area contributed by atoms with E-state index in [-0.39, 0.29) is 0 Å². The highest BCUT2D eigenvalue weighted by molar-refractivity contribution is 9.08. The summed E-state index contributed by atoms with van der Waals surface area (Å²) in [4.78, 5) is 12.2. The zero-order valence-electron chi connectivity index (χ0n) is 8.66. The maximum atomic E-state index is 11.6. The van der Waals surface area contributed by atoms with Gasteiger partial charge in [0.2, 0.25) is 0 Å². The number of benzene rings is 1. The van der Waals surface area contributed by atoms with Crippen LogP contribution in [0.1, 0.15) is 28.4 Å². The Morgan fingerprint density at radius 3 is 2.81 bits per heavy atom. The lowest BCUT2D eigenvalue weighted by Crippen LogP contribution is -2.09. The van der Waals surface area contributed by atoms with Gasteiger partial charge in [0.15, 0.2) is 0 Å². The molecule has 0 aliphatic heterocycles. The van der Waals surface area contributed by atoms with E-state index >= 15 is 0 Å². The molecule has 0 saturated carbocycles. The molecule has 0 bridgehead atoms. The van der Waals surface area contributed by atoms with Crippen LogP contribution < -0.4 is 0 Å². The van der Waals surface area contributed by atoms with Crippen LogP contribution in [0.4, 0.5) is 0 Å². The van der Waals surface area contributed by atoms with Crippen molar-refractivity contribution in [3.05, 3.63) is 28.8 Å². The monoisotopic (exact) mass is 299 g/mol. The molecule has 0 amide bonds. The molecule has 3 nitrogen and oxygen atoms in total. The molecule has 0 saturated heterocycles. The third kappa shape index (κ3) is 2.57. The van der Waals surface area contributed by atoms with Crippen LogP contribution in [0.2, 0.25) is 0 Å². The van der Waals surface area contributed by atoms with Gasteiger partial charge in [-0.3, -0.25) is 0 Å². The van der Waals surface area contributed by atoms with Crippen LogP contribution in [0.15, 0.2) is 17.0 Å². The van der Waals surface area contributed by atoms with Gasteiger partial charge in [-0.05, 0) is 24.6 Å². The van der Waals surface area contributed by atoms with Crippen LogP contribution in [-0.4, -0.2) is 12.6 Å². The van der Waals surface area contributed by atoms with Crippen LogP contribution in [0.3, 0.4) is 0 Å². The number of carbonyl (C=O) groups is 1. The summed E-state index contributed by atoms with van der Waals surface area (Å²) in [7, 11) is 0. The summed E-state index contributed by atoms with van der Waals surface area (Å²) < 4.78 is 4.92. The minimum atomic E-state index is -0.415. The molecule has 0 N–H and O–H groups in total. The molecule has 84 valence electrons. The van der Waals surface area contributed by atoms with E-state index in [0.717, 1.165) is 0 Å². The molecule has 0 unspecified atom stereocenters. The molecular formula is C11H10BrNO2S. The second-order valence-electron chi connectivity index (χ2n) is 2.95. The van der Waals surface area contributed by atoms with E-state index in [0.29, 0.717) is 33.5 Å². The van der Waals surface area contributed by atoms with Gasteiger partial charge in [-0.25, -0.2) is 4.79 Å². The Balaban J connectivity index is 3.31. The van der Waals surface area contributed by atoms with Crippen molar-refractivity contribution in [1.29, 1.82) is 5.26 Å². The van der Waals surface area contributed by atoms with Crippen molar-refractivity contribution in [2.24, 2.45) is 0 Å². The maximum absolute atomic E-state index is 11.6. The Labute approximate surface area is 108 Å². The SMILES string of the molecule is CCOC(=O)c1ccc(S)c(C#N)c1CBr. The summed E-state index contributed by atoms with van der Waals surface area (Å²) in [6.07, 6.45) is 0. The minimum absolute atomic E-state index is 0.311. The van der Waals surface area contributed by atoms with Gasteiger partial charge in [0.05, 0.1) is 17.7 Å². The maximum Gasteiger partial charge on any atom is 0.338 e. The van der Waals surface area contributed by atoms with Gasteiger partial charge >= 0.3 is 5.97 Å². The van der Waals surface area contributed by atoms with Crippen LogP contribution >= 0.6 is 28.6 Å². The molecule has 1 aromatic rings. The number of nitrogens with zero attached hydrogens (tertiary/aromatic N) is 1. The second kappa shape index (κ2) is 5.92. The smallest absolute Gasteiger partial charge is 0.338 e. The third-order valence-corrected chi connectivity index (χ3v) is 2.97. The molecule has 0 aliphatic rings. The Hall–Kier alpha value is -0.990. The van der Waals surface area contributed by atoms with Crippen molar-refractivity contribution < 1.29 is 9.53 Å². The predicted octanol–water partition coefficient (Wildman–Crippen LogP) is 2.92. The topological polar surface area (TPSA) is 50.1 Å². The fraction of sp³-hybridized carbons (Fsp3) is 0.273. The fourth-order valence-electron chi connectivity index (χ4n) is 1.30. The lowest BCUT2D eigenvalue weighted by Gasteiger charge is -2.09. The van der Waals surface area contributed by atoms with Crippen molar-refractivity contribution in [1.82, 2.24) is 0 Å². The van der Waals surface area contributed by atoms with Crippen LogP contribution in [0.5, 0.6) is 0 Å². The molecule has 16 heavy (non-hydrogen) atoms. The summed E-state index contributed by atoms with van der Waals surface area (Å²) in [6.45, 7) is 2.05. The largest absolute Gasteiger partial charge is 0.462 e. The molecule has 0 radical (unpaired) electrons. The van der Waals surface area contributed by atoms with Crippen molar-refractivity contribution in [3.63, 3.8) is 0 Å². The van der Waals surface area contributed by atoms with Crippen molar-refractivity contribution in [3.8, 4) is 6.07 Å². The number of esters is 1. The Morgan fingerprint density at radius 2 is 2.31 bits per heavy atom. The van der Waals surface area contributed by atoms with E-state index in [1.807, 2.05) is 6.07 Å². The summed E-state index contributed by atoms with van der Waals surface area (Å²) in [6, 6.07) is 5.29. The predicted molar refractivity (Wildman–Crippen MR) is 67.0 cm³/mol. The highest BCUT2D eigenvalue weighted by atomic mass is 79.9. The molecule has 0 aromatic heterocycles. The molecule has 0 aliphatic carbocycles. The van der Waals surface area contributed by atoms with Gasteiger partial charge in [0, 0.05) is 10.2 Å². The number of alkyl halides is 1. The van der Waals surface area contributed by atoms with Gasteiger partial charge in [-0.1, -0.05) is 15.9 Å². The van der Waals surface area contributed by atoms with Crippen molar-refractivity contribution >= 4 is 34.5 Å². The van der Waals surface area contributed by atoms with E-state index in [2.05, 4.69) is 28.6 Å². The van der Waals surface area contributed by atoms with Gasteiger partial charge < -0.3 is 4.74 Å². The van der Waals surface area contributed by atoms with Gasteiger partial charge in [0.1, 0.15) is 6.07 Å². The highest BCUT2D eigenvalue weighted by Crippen LogP contribution is 2.24. The number of thiol groups is 1. The van der Waals surface area contributed by atoms with E-state index in [1.54, 1.807) is 19.1 Å². The first-order valence-corrected chi connectivity index (χ1v) is 6.20. The van der Waals surface area contributed by atoms with Crippen molar-refractivity contribution in [2.75, 3.05) is 6.61 Å². The first-order valence-electron chi connectivity index (χ1n) is 4.63. The van der Waals surface area contributed by atoms with Crippen LogP contribution in [-0.2, 0) is 10.1 Å². The Morgan fingerprint density at radius 1 is 1.62 bits per heavy atom. The number of carbonyl (C=O) groups excluding carboxylic acids is 1. The average molecular weight is 300 g/mol. The standard InChI is InChI=1S/C11H10BrNO2S/c1-2-15-11(14)7-3-4-10(16)9(6-13)8(7)5-12/h3-4,16H,2,5H2,1H3. The molecule has 0 heterocycles. The zero-order chi connectivity index (χ0) is 12.1. The molecule has 0 fully saturated rings. The number of halogens is 1. The van der Waals surface area contributed by atoms with E-state index < -0.39 is 5.97 Å². The second-order valence-corrected chi connectivity index (χ2v) is 3.99. The number of ether oxygens (including phenoxy) is 1. The zero-order valence-corrected chi connectivity index (χ0v) is 11.1. The van der Waals surface area contributed by atoms with Crippen LogP contribution in [0.25, 0.3) is 0 Å².